The molecule has 0 amide bonds. The first kappa shape index (κ1) is 27.1. The van der Waals surface area contributed by atoms with Crippen LogP contribution >= 0.6 is 0 Å². The van der Waals surface area contributed by atoms with Crippen LogP contribution in [-0.4, -0.2) is 0 Å². The van der Waals surface area contributed by atoms with Crippen molar-refractivity contribution in [2.45, 2.75) is 77.0 Å². The molecule has 3 aliphatic rings. The van der Waals surface area contributed by atoms with Gasteiger partial charge in [0.1, 0.15) is 0 Å². The average Bonchev–Trinajstić information content (AvgIpc) is 2.69. The molecule has 0 aliphatic heterocycles. The summed E-state index contributed by atoms with van der Waals surface area (Å²) in [6.45, 7) is 10.9. The standard InChI is InChI=1S/C22H36.C3H2.2V/c1-3-17-5-9-19(10-6-17)21-13-15-22(16-14-21)20-11-7-18(4-2)8-12-20;1-3-2;;/h3-4,17-22H,1-2,5-16H2;1H2;;/q;-2;;. The molecular weight excluding hydrogens is 402 g/mol. The molecule has 0 aromatic heterocycles. The quantitative estimate of drug-likeness (QED) is 0.247. The Bertz CT molecular complexity index is 390. The van der Waals surface area contributed by atoms with Gasteiger partial charge in [0.2, 0.25) is 0 Å². The number of rotatable bonds is 4. The van der Waals surface area contributed by atoms with Crippen molar-refractivity contribution in [1.82, 2.24) is 0 Å². The van der Waals surface area contributed by atoms with E-state index in [9.17, 15) is 0 Å². The van der Waals surface area contributed by atoms with E-state index in [1.54, 1.807) is 5.92 Å². The SMILES string of the molecule is C=CC1CCC(C2CCC(C3CCC(C=C)CC3)CC2)CC1.[C-]#C[CH2-].[V].[V]. The molecule has 0 unspecified atom stereocenters. The molecule has 0 N–H and O–H groups in total. The minimum Gasteiger partial charge on any atom is -0.729 e. The first-order valence-electron chi connectivity index (χ1n) is 10.7. The first-order chi connectivity index (χ1) is 12.2. The van der Waals surface area contributed by atoms with Crippen molar-refractivity contribution >= 4 is 0 Å². The fraction of sp³-hybridized carbons (Fsp3) is 0.720. The minimum atomic E-state index is 0. The van der Waals surface area contributed by atoms with Crippen LogP contribution < -0.4 is 0 Å². The van der Waals surface area contributed by atoms with Crippen molar-refractivity contribution in [1.29, 1.82) is 0 Å². The summed E-state index contributed by atoms with van der Waals surface area (Å²) in [4.78, 5) is 0. The third kappa shape index (κ3) is 8.54. The number of allylic oxidation sites excluding steroid dienone is 2. The summed E-state index contributed by atoms with van der Waals surface area (Å²) in [6, 6.07) is 0. The molecule has 0 atom stereocenters. The molecule has 0 aromatic rings. The van der Waals surface area contributed by atoms with E-state index in [1.807, 2.05) is 0 Å². The smallest absolute Gasteiger partial charge is 0 e. The Hall–Kier alpha value is 0.0788. The molecule has 0 bridgehead atoms. The van der Waals surface area contributed by atoms with Gasteiger partial charge < -0.3 is 19.3 Å². The largest absolute Gasteiger partial charge is 0.729 e. The Morgan fingerprint density at radius 3 is 0.963 bits per heavy atom. The van der Waals surface area contributed by atoms with Gasteiger partial charge in [0.25, 0.3) is 0 Å². The van der Waals surface area contributed by atoms with E-state index >= 15 is 0 Å². The average molecular weight is 440 g/mol. The molecule has 2 radical (unpaired) electrons. The van der Waals surface area contributed by atoms with E-state index in [1.165, 1.54) is 77.0 Å². The maximum Gasteiger partial charge on any atom is 0 e. The molecule has 27 heavy (non-hydrogen) atoms. The van der Waals surface area contributed by atoms with Gasteiger partial charge in [-0.05, 0) is 113 Å². The molecule has 0 heterocycles. The van der Waals surface area contributed by atoms with Crippen molar-refractivity contribution in [2.24, 2.45) is 35.5 Å². The molecule has 0 nitrogen and oxygen atoms in total. The van der Waals surface area contributed by atoms with Gasteiger partial charge in [-0.2, -0.15) is 0 Å². The van der Waals surface area contributed by atoms with E-state index in [2.05, 4.69) is 32.2 Å². The summed E-state index contributed by atoms with van der Waals surface area (Å²) in [5.41, 5.74) is 0. The second-order valence-electron chi connectivity index (χ2n) is 8.67. The maximum atomic E-state index is 5.85. The molecule has 2 heteroatoms. The Labute approximate surface area is 193 Å². The van der Waals surface area contributed by atoms with Crippen LogP contribution in [0.4, 0.5) is 0 Å². The first-order valence-corrected chi connectivity index (χ1v) is 10.7. The Morgan fingerprint density at radius 1 is 0.593 bits per heavy atom. The van der Waals surface area contributed by atoms with Crippen LogP contribution in [0.25, 0.3) is 0 Å². The molecule has 3 saturated carbocycles. The maximum absolute atomic E-state index is 5.85. The summed E-state index contributed by atoms with van der Waals surface area (Å²) in [5, 5.41) is 0. The van der Waals surface area contributed by atoms with E-state index < -0.39 is 0 Å². The van der Waals surface area contributed by atoms with Gasteiger partial charge >= 0.3 is 0 Å². The normalized spacial score (nSPS) is 35.7. The molecular formula is C25H38V2-2. The molecule has 0 aromatic carbocycles. The van der Waals surface area contributed by atoms with E-state index in [-0.39, 0.29) is 37.1 Å². The van der Waals surface area contributed by atoms with Gasteiger partial charge in [-0.15, -0.1) is 13.2 Å². The van der Waals surface area contributed by atoms with Gasteiger partial charge in [-0.25, -0.2) is 0 Å². The Kier molecular flexibility index (Phi) is 15.0. The zero-order valence-electron chi connectivity index (χ0n) is 17.1. The summed E-state index contributed by atoms with van der Waals surface area (Å²) in [7, 11) is 0. The van der Waals surface area contributed by atoms with Crippen molar-refractivity contribution in [3.8, 4) is 5.92 Å². The van der Waals surface area contributed by atoms with Crippen molar-refractivity contribution < 1.29 is 37.1 Å². The van der Waals surface area contributed by atoms with Crippen LogP contribution in [0, 0.1) is 54.8 Å². The predicted octanol–water partition coefficient (Wildman–Crippen LogP) is 7.18. The van der Waals surface area contributed by atoms with Gasteiger partial charge in [-0.1, -0.05) is 12.2 Å². The van der Waals surface area contributed by atoms with Crippen LogP contribution in [0.2, 0.25) is 0 Å². The minimum absolute atomic E-state index is 0. The third-order valence-corrected chi connectivity index (χ3v) is 7.45. The summed E-state index contributed by atoms with van der Waals surface area (Å²) in [6.07, 6.45) is 28.0. The third-order valence-electron chi connectivity index (χ3n) is 7.45. The van der Waals surface area contributed by atoms with Crippen LogP contribution in [0.15, 0.2) is 25.3 Å². The Balaban J connectivity index is 0.00000127. The fourth-order valence-corrected chi connectivity index (χ4v) is 5.79. The molecule has 0 saturated heterocycles. The monoisotopic (exact) mass is 440 g/mol. The van der Waals surface area contributed by atoms with E-state index in [0.717, 1.165) is 35.5 Å². The molecule has 3 fully saturated rings. The predicted molar refractivity (Wildman–Crippen MR) is 109 cm³/mol. The topological polar surface area (TPSA) is 0 Å². The summed E-state index contributed by atoms with van der Waals surface area (Å²) < 4.78 is 0. The number of hydrogen-bond donors (Lipinski definition) is 0. The van der Waals surface area contributed by atoms with Crippen molar-refractivity contribution in [2.75, 3.05) is 0 Å². The second-order valence-corrected chi connectivity index (χ2v) is 8.67. The molecule has 3 rings (SSSR count). The van der Waals surface area contributed by atoms with Gasteiger partial charge in [0.15, 0.2) is 0 Å². The van der Waals surface area contributed by atoms with Crippen molar-refractivity contribution in [3.63, 3.8) is 0 Å². The zero-order valence-corrected chi connectivity index (χ0v) is 19.9. The van der Waals surface area contributed by atoms with Gasteiger partial charge in [0.05, 0.1) is 0 Å². The van der Waals surface area contributed by atoms with E-state index in [0.29, 0.717) is 0 Å². The van der Waals surface area contributed by atoms with Gasteiger partial charge in [-0.3, -0.25) is 0 Å². The fourth-order valence-electron chi connectivity index (χ4n) is 5.79. The van der Waals surface area contributed by atoms with E-state index in [4.69, 9.17) is 6.42 Å². The molecule has 150 valence electrons. The summed E-state index contributed by atoms with van der Waals surface area (Å²) >= 11 is 0. The van der Waals surface area contributed by atoms with Crippen LogP contribution in [0.5, 0.6) is 0 Å². The summed E-state index contributed by atoms with van der Waals surface area (Å²) in [5.74, 6) is 7.63. The zero-order chi connectivity index (χ0) is 18.1. The van der Waals surface area contributed by atoms with Crippen LogP contribution in [0.1, 0.15) is 77.0 Å². The van der Waals surface area contributed by atoms with Crippen LogP contribution in [0.3, 0.4) is 0 Å². The molecule has 3 aliphatic carbocycles. The van der Waals surface area contributed by atoms with Gasteiger partial charge in [0, 0.05) is 37.1 Å². The number of hydrogen-bond acceptors (Lipinski definition) is 0. The Morgan fingerprint density at radius 2 is 0.778 bits per heavy atom. The molecule has 0 spiro atoms. The second kappa shape index (κ2) is 15.0. The van der Waals surface area contributed by atoms with Crippen LogP contribution in [-0.2, 0) is 37.1 Å². The van der Waals surface area contributed by atoms with Crippen molar-refractivity contribution in [3.05, 3.63) is 38.7 Å².